The second kappa shape index (κ2) is 6.36. The SMILES string of the molecule is CN(C)c1ccc(C=NC=C2c3ccccc3-c3ncccc32)cc1. The van der Waals surface area contributed by atoms with Gasteiger partial charge in [0, 0.05) is 55.1 Å². The van der Waals surface area contributed by atoms with Crippen LogP contribution in [0, 0.1) is 0 Å². The molecule has 0 N–H and O–H groups in total. The monoisotopic (exact) mass is 325 g/mol. The second-order valence-electron chi connectivity index (χ2n) is 6.25. The summed E-state index contributed by atoms with van der Waals surface area (Å²) < 4.78 is 0. The second-order valence-corrected chi connectivity index (χ2v) is 6.25. The molecule has 0 aliphatic heterocycles. The molecular formula is C22H19N3. The number of fused-ring (bicyclic) bond motifs is 3. The van der Waals surface area contributed by atoms with E-state index in [9.17, 15) is 0 Å². The van der Waals surface area contributed by atoms with E-state index >= 15 is 0 Å². The minimum atomic E-state index is 1.04. The smallest absolute Gasteiger partial charge is 0.0787 e. The third-order valence-corrected chi connectivity index (χ3v) is 4.41. The number of benzene rings is 2. The summed E-state index contributed by atoms with van der Waals surface area (Å²) >= 11 is 0. The number of hydrogen-bond acceptors (Lipinski definition) is 3. The Labute approximate surface area is 148 Å². The highest BCUT2D eigenvalue weighted by atomic mass is 15.1. The van der Waals surface area contributed by atoms with Crippen molar-refractivity contribution in [3.63, 3.8) is 0 Å². The molecule has 25 heavy (non-hydrogen) atoms. The molecule has 1 aromatic heterocycles. The highest BCUT2D eigenvalue weighted by Crippen LogP contribution is 2.42. The van der Waals surface area contributed by atoms with Crippen LogP contribution in [0.1, 0.15) is 16.7 Å². The van der Waals surface area contributed by atoms with Crippen LogP contribution in [-0.4, -0.2) is 25.3 Å². The predicted octanol–water partition coefficient (Wildman–Crippen LogP) is 4.64. The van der Waals surface area contributed by atoms with Gasteiger partial charge in [-0.05, 0) is 29.3 Å². The number of rotatable bonds is 3. The number of anilines is 1. The van der Waals surface area contributed by atoms with Crippen LogP contribution in [-0.2, 0) is 0 Å². The maximum absolute atomic E-state index is 4.57. The first-order valence-electron chi connectivity index (χ1n) is 8.30. The highest BCUT2D eigenvalue weighted by Gasteiger charge is 2.23. The Kier molecular flexibility index (Phi) is 3.90. The molecule has 1 heterocycles. The van der Waals surface area contributed by atoms with Crippen LogP contribution < -0.4 is 4.90 Å². The zero-order valence-electron chi connectivity index (χ0n) is 14.3. The molecule has 1 aliphatic carbocycles. The van der Waals surface area contributed by atoms with Gasteiger partial charge in [0.25, 0.3) is 0 Å². The summed E-state index contributed by atoms with van der Waals surface area (Å²) in [7, 11) is 4.08. The van der Waals surface area contributed by atoms with Gasteiger partial charge in [-0.3, -0.25) is 9.98 Å². The van der Waals surface area contributed by atoms with Crippen molar-refractivity contribution >= 4 is 17.5 Å². The van der Waals surface area contributed by atoms with E-state index in [1.807, 2.05) is 38.8 Å². The van der Waals surface area contributed by atoms with Crippen molar-refractivity contribution in [1.29, 1.82) is 0 Å². The first kappa shape index (κ1) is 15.3. The van der Waals surface area contributed by atoms with Crippen molar-refractivity contribution in [2.24, 2.45) is 4.99 Å². The fourth-order valence-corrected chi connectivity index (χ4v) is 3.10. The average Bonchev–Trinajstić information content (AvgIpc) is 2.97. The largest absolute Gasteiger partial charge is 0.378 e. The Bertz CT molecular complexity index is 919. The normalized spacial score (nSPS) is 13.9. The molecule has 0 bridgehead atoms. The summed E-state index contributed by atoms with van der Waals surface area (Å²) in [4.78, 5) is 11.2. The molecule has 0 atom stereocenters. The molecule has 1 aliphatic rings. The lowest BCUT2D eigenvalue weighted by Gasteiger charge is -2.11. The molecule has 0 fully saturated rings. The van der Waals surface area contributed by atoms with Crippen molar-refractivity contribution in [3.05, 3.63) is 89.8 Å². The molecule has 0 unspecified atom stereocenters. The Morgan fingerprint density at radius 1 is 0.840 bits per heavy atom. The first-order chi connectivity index (χ1) is 12.2. The van der Waals surface area contributed by atoms with E-state index in [0.717, 1.165) is 22.4 Å². The number of nitrogens with zero attached hydrogens (tertiary/aromatic N) is 3. The lowest BCUT2D eigenvalue weighted by Crippen LogP contribution is -2.08. The summed E-state index contributed by atoms with van der Waals surface area (Å²) in [6.45, 7) is 0. The lowest BCUT2D eigenvalue weighted by molar-refractivity contribution is 1.13. The summed E-state index contributed by atoms with van der Waals surface area (Å²) in [5.41, 5.74) is 7.94. The van der Waals surface area contributed by atoms with E-state index in [4.69, 9.17) is 0 Å². The fourth-order valence-electron chi connectivity index (χ4n) is 3.10. The third-order valence-electron chi connectivity index (χ3n) is 4.41. The number of aliphatic imine (C=N–C) groups is 1. The van der Waals surface area contributed by atoms with Crippen LogP contribution >= 0.6 is 0 Å². The minimum absolute atomic E-state index is 1.04. The molecule has 0 amide bonds. The van der Waals surface area contributed by atoms with Gasteiger partial charge in [-0.25, -0.2) is 0 Å². The van der Waals surface area contributed by atoms with Gasteiger partial charge in [-0.2, -0.15) is 0 Å². The first-order valence-corrected chi connectivity index (χ1v) is 8.30. The molecule has 2 aromatic carbocycles. The van der Waals surface area contributed by atoms with Gasteiger partial charge >= 0.3 is 0 Å². The average molecular weight is 325 g/mol. The maximum Gasteiger partial charge on any atom is 0.0787 e. The lowest BCUT2D eigenvalue weighted by atomic mass is 10.1. The quantitative estimate of drug-likeness (QED) is 0.514. The molecule has 0 saturated carbocycles. The van der Waals surface area contributed by atoms with E-state index in [1.54, 1.807) is 0 Å². The summed E-state index contributed by atoms with van der Waals surface area (Å²) in [5, 5.41) is 0. The van der Waals surface area contributed by atoms with Crippen molar-refractivity contribution in [3.8, 4) is 11.3 Å². The minimum Gasteiger partial charge on any atom is -0.378 e. The van der Waals surface area contributed by atoms with E-state index in [-0.39, 0.29) is 0 Å². The Morgan fingerprint density at radius 2 is 1.56 bits per heavy atom. The van der Waals surface area contributed by atoms with Crippen LogP contribution in [0.4, 0.5) is 5.69 Å². The van der Waals surface area contributed by atoms with Gasteiger partial charge in [0.15, 0.2) is 0 Å². The summed E-state index contributed by atoms with van der Waals surface area (Å²) in [6.07, 6.45) is 5.67. The van der Waals surface area contributed by atoms with E-state index < -0.39 is 0 Å². The van der Waals surface area contributed by atoms with Crippen LogP contribution in [0.3, 0.4) is 0 Å². The molecule has 3 aromatic rings. The van der Waals surface area contributed by atoms with E-state index in [2.05, 4.69) is 69.5 Å². The molecule has 0 radical (unpaired) electrons. The number of pyridine rings is 1. The third kappa shape index (κ3) is 2.85. The molecular weight excluding hydrogens is 306 g/mol. The molecule has 4 rings (SSSR count). The highest BCUT2D eigenvalue weighted by molar-refractivity contribution is 5.99. The molecule has 0 saturated heterocycles. The van der Waals surface area contributed by atoms with Crippen LogP contribution in [0.25, 0.3) is 16.8 Å². The summed E-state index contributed by atoms with van der Waals surface area (Å²) in [6, 6.07) is 20.8. The van der Waals surface area contributed by atoms with Gasteiger partial charge in [0.1, 0.15) is 0 Å². The fraction of sp³-hybridized carbons (Fsp3) is 0.0909. The zero-order chi connectivity index (χ0) is 17.2. The Morgan fingerprint density at radius 3 is 2.32 bits per heavy atom. The van der Waals surface area contributed by atoms with Gasteiger partial charge < -0.3 is 4.90 Å². The Hall–Kier alpha value is -3.20. The molecule has 3 heteroatoms. The number of hydrogen-bond donors (Lipinski definition) is 0. The van der Waals surface area contributed by atoms with Crippen molar-refractivity contribution < 1.29 is 0 Å². The molecule has 122 valence electrons. The van der Waals surface area contributed by atoms with Crippen molar-refractivity contribution in [1.82, 2.24) is 4.98 Å². The Balaban J connectivity index is 1.67. The maximum atomic E-state index is 4.57. The van der Waals surface area contributed by atoms with Gasteiger partial charge in [-0.1, -0.05) is 42.5 Å². The standard InChI is InChI=1S/C22H19N3/c1-25(2)17-11-9-16(10-12-17)14-23-15-21-18-6-3-4-7-19(18)22-20(21)8-5-13-24-22/h3-15H,1-2H3. The van der Waals surface area contributed by atoms with Gasteiger partial charge in [-0.15, -0.1) is 0 Å². The number of aromatic nitrogens is 1. The molecule has 0 spiro atoms. The van der Waals surface area contributed by atoms with Crippen LogP contribution in [0.15, 0.2) is 78.1 Å². The topological polar surface area (TPSA) is 28.5 Å². The van der Waals surface area contributed by atoms with Gasteiger partial charge in [0.05, 0.1) is 5.69 Å². The molecule has 3 nitrogen and oxygen atoms in total. The van der Waals surface area contributed by atoms with E-state index in [1.165, 1.54) is 16.8 Å². The van der Waals surface area contributed by atoms with Crippen LogP contribution in [0.2, 0.25) is 0 Å². The van der Waals surface area contributed by atoms with E-state index in [0.29, 0.717) is 0 Å². The predicted molar refractivity (Wildman–Crippen MR) is 105 cm³/mol. The van der Waals surface area contributed by atoms with Crippen molar-refractivity contribution in [2.75, 3.05) is 19.0 Å². The summed E-state index contributed by atoms with van der Waals surface area (Å²) in [5.74, 6) is 0. The zero-order valence-corrected chi connectivity index (χ0v) is 14.3. The van der Waals surface area contributed by atoms with Crippen LogP contribution in [0.5, 0.6) is 0 Å². The van der Waals surface area contributed by atoms with Crippen molar-refractivity contribution in [2.45, 2.75) is 0 Å². The van der Waals surface area contributed by atoms with Gasteiger partial charge in [0.2, 0.25) is 0 Å².